The standard InChI is InChI=1S/C25H18Cl2N6OS/c26-18-7-5-16(6-8-18)24-31-32-25(33(24)20-11-9-19(27)10-12-20)35-15-23(34)30-29-14-17-13-28-22-4-2-1-3-21(17)22/h1-14,28H,15H2,(H,30,34). The van der Waals surface area contributed by atoms with Gasteiger partial charge < -0.3 is 4.98 Å². The van der Waals surface area contributed by atoms with Gasteiger partial charge in [0.1, 0.15) is 0 Å². The first-order valence-corrected chi connectivity index (χ1v) is 12.3. The SMILES string of the molecule is O=C(CSc1nnc(-c2ccc(Cl)cc2)n1-c1ccc(Cl)cc1)NN=Cc1c[nH]c2ccccc12. The normalized spacial score (nSPS) is 11.4. The van der Waals surface area contributed by atoms with Crippen molar-refractivity contribution in [1.29, 1.82) is 0 Å². The lowest BCUT2D eigenvalue weighted by Crippen LogP contribution is -2.20. The van der Waals surface area contributed by atoms with Crippen LogP contribution >= 0.6 is 35.0 Å². The number of amides is 1. The summed E-state index contributed by atoms with van der Waals surface area (Å²) in [6.45, 7) is 0. The van der Waals surface area contributed by atoms with E-state index in [-0.39, 0.29) is 11.7 Å². The number of para-hydroxylation sites is 1. The van der Waals surface area contributed by atoms with Crippen LogP contribution in [0.25, 0.3) is 28.0 Å². The Labute approximate surface area is 215 Å². The van der Waals surface area contributed by atoms with Gasteiger partial charge in [-0.05, 0) is 54.6 Å². The zero-order chi connectivity index (χ0) is 24.2. The van der Waals surface area contributed by atoms with Gasteiger partial charge >= 0.3 is 0 Å². The molecular formula is C25H18Cl2N6OS. The molecule has 0 spiro atoms. The Hall–Kier alpha value is -3.59. The zero-order valence-corrected chi connectivity index (χ0v) is 20.5. The third-order valence-electron chi connectivity index (χ3n) is 5.17. The number of rotatable bonds is 7. The van der Waals surface area contributed by atoms with Gasteiger partial charge in [-0.25, -0.2) is 5.43 Å². The van der Waals surface area contributed by atoms with Gasteiger partial charge in [0.2, 0.25) is 0 Å². The molecule has 0 aliphatic rings. The summed E-state index contributed by atoms with van der Waals surface area (Å²) in [4.78, 5) is 15.6. The molecule has 35 heavy (non-hydrogen) atoms. The molecule has 0 unspecified atom stereocenters. The highest BCUT2D eigenvalue weighted by molar-refractivity contribution is 7.99. The zero-order valence-electron chi connectivity index (χ0n) is 18.2. The Bertz CT molecular complexity index is 1510. The summed E-state index contributed by atoms with van der Waals surface area (Å²) >= 11 is 13.4. The minimum Gasteiger partial charge on any atom is -0.361 e. The van der Waals surface area contributed by atoms with Crippen molar-refractivity contribution in [3.8, 4) is 17.1 Å². The minimum absolute atomic E-state index is 0.109. The highest BCUT2D eigenvalue weighted by Crippen LogP contribution is 2.29. The van der Waals surface area contributed by atoms with Crippen LogP contribution in [0.15, 0.2) is 89.3 Å². The number of H-pyrrole nitrogens is 1. The molecule has 0 aliphatic carbocycles. The van der Waals surface area contributed by atoms with E-state index in [2.05, 4.69) is 25.7 Å². The lowest BCUT2D eigenvalue weighted by molar-refractivity contribution is -0.118. The van der Waals surface area contributed by atoms with Crippen LogP contribution in [-0.4, -0.2) is 37.6 Å². The van der Waals surface area contributed by atoms with Crippen molar-refractivity contribution in [3.05, 3.63) is 94.6 Å². The molecule has 2 heterocycles. The number of aromatic amines is 1. The molecule has 0 radical (unpaired) electrons. The molecule has 0 aliphatic heterocycles. The Balaban J connectivity index is 1.32. The van der Waals surface area contributed by atoms with Gasteiger partial charge in [-0.3, -0.25) is 9.36 Å². The molecule has 2 N–H and O–H groups in total. The molecule has 0 saturated carbocycles. The monoisotopic (exact) mass is 520 g/mol. The van der Waals surface area contributed by atoms with E-state index in [4.69, 9.17) is 23.2 Å². The first-order valence-electron chi connectivity index (χ1n) is 10.6. The van der Waals surface area contributed by atoms with E-state index in [1.54, 1.807) is 30.5 Å². The molecule has 0 saturated heterocycles. The molecule has 7 nitrogen and oxygen atoms in total. The molecule has 0 bridgehead atoms. The van der Waals surface area contributed by atoms with E-state index < -0.39 is 0 Å². The second kappa shape index (κ2) is 10.4. The van der Waals surface area contributed by atoms with E-state index >= 15 is 0 Å². The summed E-state index contributed by atoms with van der Waals surface area (Å²) in [5.74, 6) is 0.478. The third kappa shape index (κ3) is 5.24. The summed E-state index contributed by atoms with van der Waals surface area (Å²) in [6.07, 6.45) is 3.47. The largest absolute Gasteiger partial charge is 0.361 e. The van der Waals surface area contributed by atoms with E-state index in [0.717, 1.165) is 27.7 Å². The first kappa shape index (κ1) is 23.2. The number of aromatic nitrogens is 4. The first-order chi connectivity index (χ1) is 17.1. The molecule has 2 aromatic heterocycles. The van der Waals surface area contributed by atoms with Gasteiger partial charge in [-0.15, -0.1) is 10.2 Å². The number of carbonyl (C=O) groups is 1. The fourth-order valence-corrected chi connectivity index (χ4v) is 4.51. The van der Waals surface area contributed by atoms with Gasteiger partial charge in [0.05, 0.1) is 12.0 Å². The number of fused-ring (bicyclic) bond motifs is 1. The van der Waals surface area contributed by atoms with Crippen LogP contribution in [0.4, 0.5) is 0 Å². The average Bonchev–Trinajstić information content (AvgIpc) is 3.48. The van der Waals surface area contributed by atoms with Gasteiger partial charge in [0, 0.05) is 44.0 Å². The highest BCUT2D eigenvalue weighted by atomic mass is 35.5. The van der Waals surface area contributed by atoms with Crippen molar-refractivity contribution in [2.75, 3.05) is 5.75 Å². The molecule has 5 rings (SSSR count). The lowest BCUT2D eigenvalue weighted by atomic mass is 10.2. The number of thioether (sulfide) groups is 1. The maximum Gasteiger partial charge on any atom is 0.250 e. The highest BCUT2D eigenvalue weighted by Gasteiger charge is 2.17. The van der Waals surface area contributed by atoms with Gasteiger partial charge in [0.15, 0.2) is 11.0 Å². The smallest absolute Gasteiger partial charge is 0.250 e. The maximum atomic E-state index is 12.5. The van der Waals surface area contributed by atoms with Crippen LogP contribution in [0.3, 0.4) is 0 Å². The predicted octanol–water partition coefficient (Wildman–Crippen LogP) is 5.96. The molecule has 1 amide bonds. The summed E-state index contributed by atoms with van der Waals surface area (Å²) in [6, 6.07) is 22.6. The summed E-state index contributed by atoms with van der Waals surface area (Å²) in [7, 11) is 0. The number of nitrogens with zero attached hydrogens (tertiary/aromatic N) is 4. The van der Waals surface area contributed by atoms with E-state index in [1.807, 2.05) is 59.3 Å². The Kier molecular flexibility index (Phi) is 6.85. The number of hydrogen-bond donors (Lipinski definition) is 2. The maximum absolute atomic E-state index is 12.5. The lowest BCUT2D eigenvalue weighted by Gasteiger charge is -2.10. The fourth-order valence-electron chi connectivity index (χ4n) is 3.51. The van der Waals surface area contributed by atoms with Gasteiger partial charge in [-0.2, -0.15) is 5.10 Å². The average molecular weight is 521 g/mol. The Morgan fingerprint density at radius 3 is 2.49 bits per heavy atom. The van der Waals surface area contributed by atoms with Crippen molar-refractivity contribution >= 4 is 58.0 Å². The molecule has 174 valence electrons. The summed E-state index contributed by atoms with van der Waals surface area (Å²) in [5, 5.41) is 15.6. The summed E-state index contributed by atoms with van der Waals surface area (Å²) in [5.41, 5.74) is 6.14. The number of hydrogen-bond acceptors (Lipinski definition) is 5. The molecular weight excluding hydrogens is 503 g/mol. The Morgan fingerprint density at radius 2 is 1.71 bits per heavy atom. The third-order valence-corrected chi connectivity index (χ3v) is 6.60. The molecule has 0 atom stereocenters. The fraction of sp³-hybridized carbons (Fsp3) is 0.0400. The van der Waals surface area contributed by atoms with E-state index in [0.29, 0.717) is 21.0 Å². The second-order valence-corrected chi connectivity index (χ2v) is 9.31. The number of benzene rings is 3. The molecule has 10 heteroatoms. The number of carbonyl (C=O) groups excluding carboxylic acids is 1. The second-order valence-electron chi connectivity index (χ2n) is 7.50. The Morgan fingerprint density at radius 1 is 1.00 bits per heavy atom. The van der Waals surface area contributed by atoms with Crippen LogP contribution in [0.2, 0.25) is 10.0 Å². The number of nitrogens with one attached hydrogen (secondary N) is 2. The van der Waals surface area contributed by atoms with Crippen molar-refractivity contribution < 1.29 is 4.79 Å². The van der Waals surface area contributed by atoms with Gasteiger partial charge in [-0.1, -0.05) is 53.2 Å². The topological polar surface area (TPSA) is 88.0 Å². The van der Waals surface area contributed by atoms with Crippen molar-refractivity contribution in [1.82, 2.24) is 25.2 Å². The van der Waals surface area contributed by atoms with E-state index in [1.165, 1.54) is 11.8 Å². The van der Waals surface area contributed by atoms with Crippen molar-refractivity contribution in [2.24, 2.45) is 5.10 Å². The van der Waals surface area contributed by atoms with Crippen LogP contribution in [0.1, 0.15) is 5.56 Å². The quantitative estimate of drug-likeness (QED) is 0.157. The number of halogens is 2. The molecule has 3 aromatic carbocycles. The van der Waals surface area contributed by atoms with Crippen molar-refractivity contribution in [3.63, 3.8) is 0 Å². The molecule has 0 fully saturated rings. The minimum atomic E-state index is -0.259. The van der Waals surface area contributed by atoms with E-state index in [9.17, 15) is 4.79 Å². The number of hydrazone groups is 1. The van der Waals surface area contributed by atoms with Crippen LogP contribution in [0, 0.1) is 0 Å². The van der Waals surface area contributed by atoms with Gasteiger partial charge in [0.25, 0.3) is 5.91 Å². The molecule has 5 aromatic rings. The van der Waals surface area contributed by atoms with Crippen molar-refractivity contribution in [2.45, 2.75) is 5.16 Å². The van der Waals surface area contributed by atoms with Crippen LogP contribution in [0.5, 0.6) is 0 Å². The van der Waals surface area contributed by atoms with Crippen LogP contribution < -0.4 is 5.43 Å². The summed E-state index contributed by atoms with van der Waals surface area (Å²) < 4.78 is 1.88. The van der Waals surface area contributed by atoms with Crippen LogP contribution in [-0.2, 0) is 4.79 Å². The predicted molar refractivity (Wildman–Crippen MR) is 142 cm³/mol.